The number of hydrogen-bond donors (Lipinski definition) is 2. The monoisotopic (exact) mass is 398 g/mol. The molecule has 2 N–H and O–H groups in total. The number of carbonyl (C=O) groups excluding carboxylic acids is 2. The lowest BCUT2D eigenvalue weighted by atomic mass is 9.95. The van der Waals surface area contributed by atoms with E-state index in [9.17, 15) is 14.0 Å². The van der Waals surface area contributed by atoms with E-state index in [1.54, 1.807) is 12.3 Å². The molecule has 0 spiro atoms. The van der Waals surface area contributed by atoms with Crippen LogP contribution in [0.5, 0.6) is 5.75 Å². The lowest BCUT2D eigenvalue weighted by molar-refractivity contribution is -0.129. The number of para-hydroxylation sites is 1. The highest BCUT2D eigenvalue weighted by Gasteiger charge is 2.14. The predicted molar refractivity (Wildman–Crippen MR) is 107 cm³/mol. The molecule has 0 unspecified atom stereocenters. The number of fused-ring (bicyclic) bond motifs is 1. The van der Waals surface area contributed by atoms with E-state index in [0.29, 0.717) is 5.92 Å². The number of carbonyl (C=O) groups is 2. The zero-order valence-electron chi connectivity index (χ0n) is 16.5. The SMILES string of the molecule is Cc1cc2occ(CC(=O)NNC(=O)COc3ccccc3F)c2cc1C(C)C. The van der Waals surface area contributed by atoms with Crippen molar-refractivity contribution in [2.45, 2.75) is 33.1 Å². The summed E-state index contributed by atoms with van der Waals surface area (Å²) in [6.07, 6.45) is 1.60. The Bertz CT molecular complexity index is 1040. The number of amides is 2. The molecule has 0 aliphatic heterocycles. The standard InChI is InChI=1S/C22H23FN2O4/c1-13(2)16-10-17-15(11-28-20(17)8-14(16)3)9-21(26)24-25-22(27)12-29-19-7-5-4-6-18(19)23/h4-8,10-11,13H,9,12H2,1-3H3,(H,24,26)(H,25,27). The molecule has 29 heavy (non-hydrogen) atoms. The molecule has 0 bridgehead atoms. The van der Waals surface area contributed by atoms with E-state index in [4.69, 9.17) is 9.15 Å². The first-order chi connectivity index (χ1) is 13.8. The number of furan rings is 1. The molecule has 3 rings (SSSR count). The maximum Gasteiger partial charge on any atom is 0.276 e. The van der Waals surface area contributed by atoms with Gasteiger partial charge < -0.3 is 9.15 Å². The number of aryl methyl sites for hydroxylation is 1. The van der Waals surface area contributed by atoms with Crippen LogP contribution in [0.3, 0.4) is 0 Å². The smallest absolute Gasteiger partial charge is 0.276 e. The maximum atomic E-state index is 13.5. The van der Waals surface area contributed by atoms with E-state index in [1.165, 1.54) is 23.8 Å². The van der Waals surface area contributed by atoms with Gasteiger partial charge in [0.1, 0.15) is 5.58 Å². The van der Waals surface area contributed by atoms with E-state index < -0.39 is 24.2 Å². The van der Waals surface area contributed by atoms with Crippen LogP contribution in [0.4, 0.5) is 4.39 Å². The van der Waals surface area contributed by atoms with Crippen LogP contribution in [0.15, 0.2) is 47.1 Å². The van der Waals surface area contributed by atoms with E-state index >= 15 is 0 Å². The van der Waals surface area contributed by atoms with Crippen molar-refractivity contribution in [3.05, 3.63) is 65.2 Å². The highest BCUT2D eigenvalue weighted by atomic mass is 19.1. The van der Waals surface area contributed by atoms with Crippen molar-refractivity contribution in [3.63, 3.8) is 0 Å². The van der Waals surface area contributed by atoms with Gasteiger partial charge >= 0.3 is 0 Å². The van der Waals surface area contributed by atoms with E-state index in [-0.39, 0.29) is 12.2 Å². The zero-order chi connectivity index (χ0) is 21.0. The highest BCUT2D eigenvalue weighted by Crippen LogP contribution is 2.29. The van der Waals surface area contributed by atoms with Crippen molar-refractivity contribution >= 4 is 22.8 Å². The quantitative estimate of drug-likeness (QED) is 0.620. The predicted octanol–water partition coefficient (Wildman–Crippen LogP) is 3.77. The Morgan fingerprint density at radius 2 is 1.86 bits per heavy atom. The Morgan fingerprint density at radius 1 is 1.14 bits per heavy atom. The van der Waals surface area contributed by atoms with Crippen LogP contribution < -0.4 is 15.6 Å². The Morgan fingerprint density at radius 3 is 2.59 bits per heavy atom. The fraction of sp³-hybridized carbons (Fsp3) is 0.273. The zero-order valence-corrected chi connectivity index (χ0v) is 16.5. The lowest BCUT2D eigenvalue weighted by Gasteiger charge is -2.10. The molecule has 0 aliphatic rings. The Labute approximate surface area is 168 Å². The van der Waals surface area contributed by atoms with Gasteiger partial charge in [-0.2, -0.15) is 0 Å². The fourth-order valence-corrected chi connectivity index (χ4v) is 3.10. The minimum atomic E-state index is -0.601. The summed E-state index contributed by atoms with van der Waals surface area (Å²) in [5, 5.41) is 0.878. The first-order valence-electron chi connectivity index (χ1n) is 9.30. The Balaban J connectivity index is 1.56. The molecule has 3 aromatic rings. The average molecular weight is 398 g/mol. The van der Waals surface area contributed by atoms with Gasteiger partial charge in [-0.15, -0.1) is 0 Å². The van der Waals surface area contributed by atoms with E-state index in [1.807, 2.05) is 19.1 Å². The second-order valence-electron chi connectivity index (χ2n) is 7.11. The van der Waals surface area contributed by atoms with Crippen molar-refractivity contribution in [2.75, 3.05) is 6.61 Å². The molecule has 1 aromatic heterocycles. The van der Waals surface area contributed by atoms with Gasteiger partial charge in [-0.05, 0) is 48.2 Å². The second kappa shape index (κ2) is 8.77. The molecule has 0 aliphatic carbocycles. The summed E-state index contributed by atoms with van der Waals surface area (Å²) in [7, 11) is 0. The minimum absolute atomic E-state index is 0.0323. The molecule has 7 heteroatoms. The maximum absolute atomic E-state index is 13.5. The summed E-state index contributed by atoms with van der Waals surface area (Å²) in [6, 6.07) is 9.78. The molecule has 152 valence electrons. The molecule has 0 radical (unpaired) electrons. The molecular formula is C22H23FN2O4. The number of benzene rings is 2. The third kappa shape index (κ3) is 4.93. The van der Waals surface area contributed by atoms with Gasteiger partial charge in [-0.3, -0.25) is 20.4 Å². The van der Waals surface area contributed by atoms with Crippen LogP contribution in [0.25, 0.3) is 11.0 Å². The van der Waals surface area contributed by atoms with Gasteiger partial charge in [0.2, 0.25) is 5.91 Å². The summed E-state index contributed by atoms with van der Waals surface area (Å²) in [5.41, 5.74) is 8.37. The van der Waals surface area contributed by atoms with Crippen molar-refractivity contribution in [1.29, 1.82) is 0 Å². The Kier molecular flexibility index (Phi) is 6.16. The largest absolute Gasteiger partial charge is 0.481 e. The van der Waals surface area contributed by atoms with Crippen molar-refractivity contribution in [2.24, 2.45) is 0 Å². The van der Waals surface area contributed by atoms with Gasteiger partial charge in [-0.1, -0.05) is 26.0 Å². The van der Waals surface area contributed by atoms with Gasteiger partial charge in [0.15, 0.2) is 18.2 Å². The van der Waals surface area contributed by atoms with E-state index in [2.05, 4.69) is 24.7 Å². The summed E-state index contributed by atoms with van der Waals surface area (Å²) in [6.45, 7) is 5.83. The number of nitrogens with one attached hydrogen (secondary N) is 2. The molecule has 1 heterocycles. The number of hydrazine groups is 1. The molecule has 6 nitrogen and oxygen atoms in total. The van der Waals surface area contributed by atoms with Gasteiger partial charge in [-0.25, -0.2) is 4.39 Å². The third-order valence-corrected chi connectivity index (χ3v) is 4.55. The lowest BCUT2D eigenvalue weighted by Crippen LogP contribution is -2.44. The van der Waals surface area contributed by atoms with Crippen molar-refractivity contribution in [1.82, 2.24) is 10.9 Å². The molecule has 0 atom stereocenters. The van der Waals surface area contributed by atoms with Crippen LogP contribution in [-0.4, -0.2) is 18.4 Å². The van der Waals surface area contributed by atoms with Gasteiger partial charge in [0.25, 0.3) is 5.91 Å². The normalized spacial score (nSPS) is 10.9. The number of halogens is 1. The molecule has 0 saturated heterocycles. The summed E-state index contributed by atoms with van der Waals surface area (Å²) in [4.78, 5) is 24.0. The molecular weight excluding hydrogens is 375 g/mol. The second-order valence-corrected chi connectivity index (χ2v) is 7.11. The molecule has 2 aromatic carbocycles. The van der Waals surface area contributed by atoms with Crippen LogP contribution in [0, 0.1) is 12.7 Å². The average Bonchev–Trinajstić information content (AvgIpc) is 3.06. The van der Waals surface area contributed by atoms with Crippen molar-refractivity contribution < 1.29 is 23.1 Å². The van der Waals surface area contributed by atoms with E-state index in [0.717, 1.165) is 22.1 Å². The van der Waals surface area contributed by atoms with Crippen LogP contribution in [0.2, 0.25) is 0 Å². The molecule has 0 fully saturated rings. The number of rotatable bonds is 6. The highest BCUT2D eigenvalue weighted by molar-refractivity contribution is 5.89. The molecule has 2 amide bonds. The molecule has 0 saturated carbocycles. The summed E-state index contributed by atoms with van der Waals surface area (Å²) >= 11 is 0. The van der Waals surface area contributed by atoms with Gasteiger partial charge in [0, 0.05) is 10.9 Å². The Hall–Kier alpha value is -3.35. The summed E-state index contributed by atoms with van der Waals surface area (Å²) < 4.78 is 24.1. The van der Waals surface area contributed by atoms with Crippen LogP contribution in [-0.2, 0) is 16.0 Å². The minimum Gasteiger partial charge on any atom is -0.481 e. The number of hydrogen-bond acceptors (Lipinski definition) is 4. The van der Waals surface area contributed by atoms with Crippen LogP contribution >= 0.6 is 0 Å². The topological polar surface area (TPSA) is 80.6 Å². The fourth-order valence-electron chi connectivity index (χ4n) is 3.10. The summed E-state index contributed by atoms with van der Waals surface area (Å²) in [5.74, 6) is -1.25. The number of ether oxygens (including phenoxy) is 1. The van der Waals surface area contributed by atoms with Crippen LogP contribution in [0.1, 0.15) is 36.5 Å². The van der Waals surface area contributed by atoms with Crippen molar-refractivity contribution in [3.8, 4) is 5.75 Å². The first kappa shape index (κ1) is 20.4. The first-order valence-corrected chi connectivity index (χ1v) is 9.30. The third-order valence-electron chi connectivity index (χ3n) is 4.55. The van der Waals surface area contributed by atoms with Gasteiger partial charge in [0.05, 0.1) is 12.7 Å².